The van der Waals surface area contributed by atoms with E-state index in [9.17, 15) is 14.4 Å². The number of nitrogens with one attached hydrogen (secondary N) is 2. The van der Waals surface area contributed by atoms with Crippen LogP contribution in [0.4, 0.5) is 4.79 Å². The lowest BCUT2D eigenvalue weighted by Gasteiger charge is -2.33. The molecule has 33 heavy (non-hydrogen) atoms. The van der Waals surface area contributed by atoms with Crippen molar-refractivity contribution >= 4 is 18.0 Å². The number of alkyl carbamates (subject to hydrolysis) is 1. The Morgan fingerprint density at radius 2 is 1.52 bits per heavy atom. The summed E-state index contributed by atoms with van der Waals surface area (Å²) >= 11 is 0. The summed E-state index contributed by atoms with van der Waals surface area (Å²) in [7, 11) is 0. The van der Waals surface area contributed by atoms with E-state index in [4.69, 9.17) is 9.84 Å². The number of hydrogen-bond donors (Lipinski definition) is 3. The Hall–Kier alpha value is -3.61. The van der Waals surface area contributed by atoms with Crippen LogP contribution in [0.2, 0.25) is 0 Å². The molecule has 0 radical (unpaired) electrons. The first-order chi connectivity index (χ1) is 16.0. The van der Waals surface area contributed by atoms with Crippen molar-refractivity contribution in [3.05, 3.63) is 71.8 Å². The number of carboxylic acids is 1. The molecule has 0 heterocycles. The van der Waals surface area contributed by atoms with Crippen LogP contribution in [0.15, 0.2) is 60.7 Å². The smallest absolute Gasteiger partial charge is 0.407 e. The molecule has 0 spiro atoms. The minimum atomic E-state index is -0.811. The van der Waals surface area contributed by atoms with Crippen LogP contribution in [-0.2, 0) is 14.3 Å². The quantitative estimate of drug-likeness (QED) is 0.590. The second-order valence-corrected chi connectivity index (χ2v) is 9.02. The molecule has 3 aliphatic carbocycles. The number of amides is 2. The standard InChI is InChI=1S/C26H26N2O5/c29-24(27-18-12-16(13-18)25(30)31)15-9-10-17(11-15)28-26(32)33-14-23-21-7-3-1-5-19(21)20-6-2-4-8-22(20)23/h1-10,15-18,23H,11-14H2,(H,27,29)(H,28,32)(H,30,31). The summed E-state index contributed by atoms with van der Waals surface area (Å²) in [6, 6.07) is 16.0. The molecule has 3 N–H and O–H groups in total. The lowest BCUT2D eigenvalue weighted by Crippen LogP contribution is -2.48. The van der Waals surface area contributed by atoms with E-state index in [1.807, 2.05) is 30.3 Å². The molecule has 2 atom stereocenters. The second kappa shape index (κ2) is 8.73. The minimum absolute atomic E-state index is 0.00194. The molecule has 3 aliphatic rings. The van der Waals surface area contributed by atoms with Gasteiger partial charge in [-0.1, -0.05) is 60.7 Å². The summed E-state index contributed by atoms with van der Waals surface area (Å²) in [6.45, 7) is 0.243. The molecule has 5 rings (SSSR count). The molecule has 1 saturated carbocycles. The molecule has 170 valence electrons. The largest absolute Gasteiger partial charge is 0.481 e. The molecule has 0 aromatic heterocycles. The van der Waals surface area contributed by atoms with Gasteiger partial charge in [0.15, 0.2) is 0 Å². The Balaban J connectivity index is 1.11. The van der Waals surface area contributed by atoms with E-state index < -0.39 is 12.1 Å². The van der Waals surface area contributed by atoms with Crippen LogP contribution in [0.25, 0.3) is 11.1 Å². The van der Waals surface area contributed by atoms with E-state index in [1.54, 1.807) is 6.08 Å². The lowest BCUT2D eigenvalue weighted by molar-refractivity contribution is -0.146. The highest BCUT2D eigenvalue weighted by Gasteiger charge is 2.37. The third-order valence-electron chi connectivity index (χ3n) is 6.90. The van der Waals surface area contributed by atoms with E-state index in [-0.39, 0.29) is 42.4 Å². The average Bonchev–Trinajstić information content (AvgIpc) is 3.37. The van der Waals surface area contributed by atoms with Crippen LogP contribution in [0.3, 0.4) is 0 Å². The Labute approximate surface area is 191 Å². The highest BCUT2D eigenvalue weighted by Crippen LogP contribution is 2.44. The van der Waals surface area contributed by atoms with E-state index in [1.165, 1.54) is 11.1 Å². The number of hydrogen-bond acceptors (Lipinski definition) is 4. The Morgan fingerprint density at radius 1 is 0.879 bits per heavy atom. The van der Waals surface area contributed by atoms with Gasteiger partial charge in [-0.05, 0) is 41.5 Å². The zero-order valence-corrected chi connectivity index (χ0v) is 18.1. The summed E-state index contributed by atoms with van der Waals surface area (Å²) in [4.78, 5) is 35.8. The predicted molar refractivity (Wildman–Crippen MR) is 122 cm³/mol. The van der Waals surface area contributed by atoms with Crippen molar-refractivity contribution in [1.29, 1.82) is 0 Å². The summed E-state index contributed by atoms with van der Waals surface area (Å²) < 4.78 is 5.58. The van der Waals surface area contributed by atoms with Gasteiger partial charge in [0.1, 0.15) is 6.61 Å². The molecular formula is C26H26N2O5. The van der Waals surface area contributed by atoms with Gasteiger partial charge in [0.25, 0.3) is 0 Å². The molecule has 2 unspecified atom stereocenters. The number of aliphatic carboxylic acids is 1. The topological polar surface area (TPSA) is 105 Å². The van der Waals surface area contributed by atoms with Crippen LogP contribution in [0.1, 0.15) is 36.3 Å². The second-order valence-electron chi connectivity index (χ2n) is 9.02. The fourth-order valence-electron chi connectivity index (χ4n) is 5.04. The van der Waals surface area contributed by atoms with Gasteiger partial charge in [-0.15, -0.1) is 0 Å². The van der Waals surface area contributed by atoms with Gasteiger partial charge < -0.3 is 20.5 Å². The molecule has 7 heteroatoms. The zero-order chi connectivity index (χ0) is 22.9. The van der Waals surface area contributed by atoms with Crippen molar-refractivity contribution < 1.29 is 24.2 Å². The number of rotatable bonds is 6. The number of benzene rings is 2. The van der Waals surface area contributed by atoms with E-state index >= 15 is 0 Å². The highest BCUT2D eigenvalue weighted by atomic mass is 16.5. The zero-order valence-electron chi connectivity index (χ0n) is 18.1. The fraction of sp³-hybridized carbons (Fsp3) is 0.346. The number of fused-ring (bicyclic) bond motifs is 3. The Morgan fingerprint density at radius 3 is 2.15 bits per heavy atom. The maximum Gasteiger partial charge on any atom is 0.407 e. The van der Waals surface area contributed by atoms with Gasteiger partial charge in [-0.25, -0.2) is 4.79 Å². The molecule has 2 aromatic rings. The number of carbonyl (C=O) groups excluding carboxylic acids is 2. The summed E-state index contributed by atoms with van der Waals surface area (Å²) in [5, 5.41) is 14.7. The van der Waals surface area contributed by atoms with Gasteiger partial charge in [-0.3, -0.25) is 9.59 Å². The third kappa shape index (κ3) is 4.23. The summed E-state index contributed by atoms with van der Waals surface area (Å²) in [6.07, 6.45) is 4.50. The van der Waals surface area contributed by atoms with Crippen molar-refractivity contribution in [2.45, 2.75) is 37.3 Å². The van der Waals surface area contributed by atoms with Crippen molar-refractivity contribution in [2.24, 2.45) is 11.8 Å². The van der Waals surface area contributed by atoms with Crippen molar-refractivity contribution in [3.63, 3.8) is 0 Å². The summed E-state index contributed by atoms with van der Waals surface area (Å²) in [5.74, 6) is -1.64. The van der Waals surface area contributed by atoms with Crippen LogP contribution in [0.5, 0.6) is 0 Å². The number of carbonyl (C=O) groups is 3. The number of carboxylic acid groups (broad SMARTS) is 1. The van der Waals surface area contributed by atoms with Crippen LogP contribution >= 0.6 is 0 Å². The van der Waals surface area contributed by atoms with Gasteiger partial charge in [0.05, 0.1) is 17.9 Å². The third-order valence-corrected chi connectivity index (χ3v) is 6.90. The molecule has 2 aromatic carbocycles. The first-order valence-electron chi connectivity index (χ1n) is 11.3. The maximum absolute atomic E-state index is 12.5. The van der Waals surface area contributed by atoms with Gasteiger partial charge in [0.2, 0.25) is 5.91 Å². The van der Waals surface area contributed by atoms with Gasteiger partial charge >= 0.3 is 12.1 Å². The van der Waals surface area contributed by atoms with E-state index in [2.05, 4.69) is 34.9 Å². The summed E-state index contributed by atoms with van der Waals surface area (Å²) in [5.41, 5.74) is 4.67. The molecule has 2 amide bonds. The fourth-order valence-corrected chi connectivity index (χ4v) is 5.04. The van der Waals surface area contributed by atoms with Gasteiger partial charge in [-0.2, -0.15) is 0 Å². The molecule has 0 saturated heterocycles. The SMILES string of the molecule is O=C(NC1C=CC(C(=O)NC2CC(C(=O)O)C2)C1)OCC1c2ccccc2-c2ccccc21. The first-order valence-corrected chi connectivity index (χ1v) is 11.3. The van der Waals surface area contributed by atoms with Crippen LogP contribution in [-0.4, -0.2) is 41.8 Å². The highest BCUT2D eigenvalue weighted by molar-refractivity contribution is 5.82. The first kappa shape index (κ1) is 21.2. The normalized spacial score (nSPS) is 25.0. The molecule has 1 fully saturated rings. The van der Waals surface area contributed by atoms with Gasteiger partial charge in [0, 0.05) is 12.0 Å². The Kier molecular flexibility index (Phi) is 5.62. The van der Waals surface area contributed by atoms with Crippen LogP contribution in [0, 0.1) is 11.8 Å². The minimum Gasteiger partial charge on any atom is -0.481 e. The molecule has 7 nitrogen and oxygen atoms in total. The van der Waals surface area contributed by atoms with Crippen molar-refractivity contribution in [1.82, 2.24) is 10.6 Å². The van der Waals surface area contributed by atoms with Crippen LogP contribution < -0.4 is 10.6 Å². The molecule has 0 bridgehead atoms. The lowest BCUT2D eigenvalue weighted by atomic mass is 9.80. The molecular weight excluding hydrogens is 420 g/mol. The average molecular weight is 447 g/mol. The van der Waals surface area contributed by atoms with Crippen molar-refractivity contribution in [2.75, 3.05) is 6.61 Å². The van der Waals surface area contributed by atoms with E-state index in [0.717, 1.165) is 11.1 Å². The monoisotopic (exact) mass is 446 g/mol. The predicted octanol–water partition coefficient (Wildman–Crippen LogP) is 3.45. The molecule has 0 aliphatic heterocycles. The van der Waals surface area contributed by atoms with Crippen molar-refractivity contribution in [3.8, 4) is 11.1 Å². The van der Waals surface area contributed by atoms with E-state index in [0.29, 0.717) is 19.3 Å². The number of ether oxygens (including phenoxy) is 1. The maximum atomic E-state index is 12.5. The Bertz CT molecular complexity index is 1080.